The van der Waals surface area contributed by atoms with Gasteiger partial charge >= 0.3 is 0 Å². The minimum absolute atomic E-state index is 0.0948. The maximum atomic E-state index is 14.5. The third kappa shape index (κ3) is 8.52. The topological polar surface area (TPSA) is 148 Å². The number of hydrogen-bond donors (Lipinski definition) is 1. The molecule has 14 nitrogen and oxygen atoms in total. The van der Waals surface area contributed by atoms with E-state index in [1.165, 1.54) is 4.31 Å². The van der Waals surface area contributed by atoms with E-state index in [-0.39, 0.29) is 43.1 Å². The number of methoxy groups -OCH3 is 3. The summed E-state index contributed by atoms with van der Waals surface area (Å²) in [7, 11) is 2.77. The number of benzene rings is 2. The highest BCUT2D eigenvalue weighted by Crippen LogP contribution is 2.44. The SMILES string of the molecule is COc1cc2nc3c(cc2c(OC)c1OC)CN(C(=O)c1cc(C2CC2)n(C)n1)CCCCN(S(=O)(=O)Cc1ccccc1)CC(=O)NCC1CCCN3C1. The molecule has 4 heterocycles. The lowest BCUT2D eigenvalue weighted by molar-refractivity contribution is -0.121. The summed E-state index contributed by atoms with van der Waals surface area (Å²) in [4.78, 5) is 37.2. The lowest BCUT2D eigenvalue weighted by Crippen LogP contribution is -2.46. The van der Waals surface area contributed by atoms with Crippen molar-refractivity contribution in [3.05, 3.63) is 71.0 Å². The summed E-state index contributed by atoms with van der Waals surface area (Å²) in [5.41, 5.74) is 3.57. The third-order valence-electron chi connectivity index (χ3n) is 10.9. The molecular formula is C40H51N7O7S. The number of anilines is 1. The van der Waals surface area contributed by atoms with Crippen LogP contribution in [0.15, 0.2) is 48.5 Å². The number of carbonyl (C=O) groups is 2. The van der Waals surface area contributed by atoms with Crippen LogP contribution in [0, 0.1) is 5.92 Å². The zero-order valence-corrected chi connectivity index (χ0v) is 32.9. The first-order chi connectivity index (χ1) is 26.6. The van der Waals surface area contributed by atoms with Crippen LogP contribution >= 0.6 is 0 Å². The van der Waals surface area contributed by atoms with Crippen molar-refractivity contribution in [3.63, 3.8) is 0 Å². The zero-order chi connectivity index (χ0) is 38.7. The summed E-state index contributed by atoms with van der Waals surface area (Å²) < 4.78 is 47.9. The lowest BCUT2D eigenvalue weighted by Gasteiger charge is -2.36. The Morgan fingerprint density at radius 3 is 2.40 bits per heavy atom. The lowest BCUT2D eigenvalue weighted by atomic mass is 9.97. The van der Waals surface area contributed by atoms with Crippen molar-refractivity contribution in [2.45, 2.75) is 56.7 Å². The molecule has 2 amide bonds. The van der Waals surface area contributed by atoms with Gasteiger partial charge in [0.25, 0.3) is 5.91 Å². The van der Waals surface area contributed by atoms with E-state index in [0.29, 0.717) is 72.4 Å². The van der Waals surface area contributed by atoms with Crippen LogP contribution in [0.1, 0.15) is 71.8 Å². The van der Waals surface area contributed by atoms with Gasteiger partial charge in [-0.25, -0.2) is 13.4 Å². The molecule has 1 aliphatic carbocycles. The number of aromatic nitrogens is 3. The number of sulfonamides is 1. The average molecular weight is 774 g/mol. The van der Waals surface area contributed by atoms with Gasteiger partial charge in [-0.3, -0.25) is 14.3 Å². The summed E-state index contributed by atoms with van der Waals surface area (Å²) in [6, 6.07) is 14.8. The number of aryl methyl sites for hydroxylation is 1. The van der Waals surface area contributed by atoms with E-state index in [1.54, 1.807) is 50.5 Å². The number of nitrogens with one attached hydrogen (secondary N) is 1. The molecule has 15 heteroatoms. The summed E-state index contributed by atoms with van der Waals surface area (Å²) in [6.07, 6.45) is 4.84. The fourth-order valence-electron chi connectivity index (χ4n) is 7.86. The molecule has 7 rings (SSSR count). The van der Waals surface area contributed by atoms with Gasteiger partial charge in [0, 0.05) is 74.9 Å². The van der Waals surface area contributed by atoms with Crippen molar-refractivity contribution in [1.82, 2.24) is 29.3 Å². The molecule has 0 spiro atoms. The Morgan fingerprint density at radius 1 is 0.909 bits per heavy atom. The van der Waals surface area contributed by atoms with E-state index < -0.39 is 10.0 Å². The van der Waals surface area contributed by atoms with Gasteiger partial charge in [-0.1, -0.05) is 30.3 Å². The number of hydrogen-bond acceptors (Lipinski definition) is 10. The molecule has 2 aliphatic heterocycles. The highest BCUT2D eigenvalue weighted by Gasteiger charge is 2.32. The second-order valence-corrected chi connectivity index (χ2v) is 16.8. The van der Waals surface area contributed by atoms with Gasteiger partial charge in [-0.05, 0) is 62.1 Å². The van der Waals surface area contributed by atoms with Gasteiger partial charge in [-0.15, -0.1) is 0 Å². The molecule has 1 unspecified atom stereocenters. The van der Waals surface area contributed by atoms with E-state index in [4.69, 9.17) is 19.2 Å². The van der Waals surface area contributed by atoms with Crippen LogP contribution in [0.4, 0.5) is 5.82 Å². The molecule has 1 saturated heterocycles. The number of nitrogens with zero attached hydrogens (tertiary/aromatic N) is 6. The Balaban J connectivity index is 1.28. The molecule has 1 saturated carbocycles. The van der Waals surface area contributed by atoms with Crippen LogP contribution in [-0.4, -0.2) is 105 Å². The molecule has 4 aromatic rings. The number of piperidine rings is 1. The highest BCUT2D eigenvalue weighted by atomic mass is 32.2. The normalized spacial score (nSPS) is 19.1. The van der Waals surface area contributed by atoms with Gasteiger partial charge in [0.05, 0.1) is 39.1 Å². The summed E-state index contributed by atoms with van der Waals surface area (Å²) in [5, 5.41) is 8.42. The van der Waals surface area contributed by atoms with Crippen molar-refractivity contribution in [2.75, 3.05) is 65.5 Å². The Bertz CT molecular complexity index is 2140. The van der Waals surface area contributed by atoms with Crippen molar-refractivity contribution < 1.29 is 32.2 Å². The van der Waals surface area contributed by atoms with E-state index >= 15 is 0 Å². The Kier molecular flexibility index (Phi) is 11.5. The minimum atomic E-state index is -3.83. The van der Waals surface area contributed by atoms with Gasteiger partial charge in [-0.2, -0.15) is 9.40 Å². The van der Waals surface area contributed by atoms with Crippen LogP contribution in [0.2, 0.25) is 0 Å². The second-order valence-electron chi connectivity index (χ2n) is 14.8. The molecule has 3 aliphatic rings. The molecule has 2 fully saturated rings. The van der Waals surface area contributed by atoms with Crippen molar-refractivity contribution in [1.29, 1.82) is 0 Å². The van der Waals surface area contributed by atoms with E-state index in [2.05, 4.69) is 15.3 Å². The van der Waals surface area contributed by atoms with Gasteiger partial charge in [0.2, 0.25) is 21.7 Å². The first kappa shape index (κ1) is 38.4. The van der Waals surface area contributed by atoms with Crippen LogP contribution in [0.3, 0.4) is 0 Å². The highest BCUT2D eigenvalue weighted by molar-refractivity contribution is 7.88. The summed E-state index contributed by atoms with van der Waals surface area (Å²) >= 11 is 0. The maximum absolute atomic E-state index is 14.5. The molecule has 2 aromatic heterocycles. The molecule has 2 aromatic carbocycles. The predicted molar refractivity (Wildman–Crippen MR) is 209 cm³/mol. The van der Waals surface area contributed by atoms with Crippen molar-refractivity contribution in [3.8, 4) is 17.2 Å². The molecule has 2 bridgehead atoms. The number of pyridine rings is 1. The second kappa shape index (κ2) is 16.5. The Hall–Kier alpha value is -4.89. The quantitative estimate of drug-likeness (QED) is 0.272. The number of carbonyl (C=O) groups excluding carboxylic acids is 2. The first-order valence-corrected chi connectivity index (χ1v) is 20.7. The van der Waals surface area contributed by atoms with Crippen LogP contribution in [0.5, 0.6) is 17.2 Å². The van der Waals surface area contributed by atoms with E-state index in [9.17, 15) is 18.0 Å². The number of fused-ring (bicyclic) bond motifs is 5. The standard InChI is InChI=1S/C40H51N7O7S/c1-44-34(29-14-15-29)20-33(43-44)40(49)46-16-8-9-18-47(55(50,51)26-27-11-6-5-7-12-27)25-36(48)41-22-28-13-10-17-45(23-28)39-30(24-46)19-31-32(42-39)21-35(52-2)38(54-4)37(31)53-3/h5-7,11-12,19-21,28-29H,8-10,13-18,22-26H2,1-4H3,(H,41,48). The van der Waals surface area contributed by atoms with Gasteiger partial charge in [0.1, 0.15) is 5.82 Å². The minimum Gasteiger partial charge on any atom is -0.493 e. The summed E-state index contributed by atoms with van der Waals surface area (Å²) in [5.74, 6) is 1.92. The predicted octanol–water partition coefficient (Wildman–Crippen LogP) is 4.47. The molecule has 294 valence electrons. The third-order valence-corrected chi connectivity index (χ3v) is 12.7. The first-order valence-electron chi connectivity index (χ1n) is 19.1. The van der Waals surface area contributed by atoms with Gasteiger partial charge in [0.15, 0.2) is 17.2 Å². The van der Waals surface area contributed by atoms with Crippen LogP contribution in [-0.2, 0) is 34.2 Å². The number of ether oxygens (including phenoxy) is 3. The zero-order valence-electron chi connectivity index (χ0n) is 32.1. The molecule has 1 atom stereocenters. The average Bonchev–Trinajstić information content (AvgIpc) is 3.96. The largest absolute Gasteiger partial charge is 0.493 e. The van der Waals surface area contributed by atoms with E-state index in [1.807, 2.05) is 36.0 Å². The number of rotatable bonds is 8. The molecule has 55 heavy (non-hydrogen) atoms. The van der Waals surface area contributed by atoms with Crippen LogP contribution in [0.25, 0.3) is 10.9 Å². The van der Waals surface area contributed by atoms with Crippen LogP contribution < -0.4 is 24.4 Å². The molecular weight excluding hydrogens is 723 g/mol. The Labute approximate surface area is 322 Å². The van der Waals surface area contributed by atoms with Gasteiger partial charge < -0.3 is 29.3 Å². The Morgan fingerprint density at radius 2 is 1.67 bits per heavy atom. The summed E-state index contributed by atoms with van der Waals surface area (Å²) in [6.45, 7) is 2.19. The fraction of sp³-hybridized carbons (Fsp3) is 0.500. The fourth-order valence-corrected chi connectivity index (χ4v) is 9.38. The molecule has 1 N–H and O–H groups in total. The molecule has 0 radical (unpaired) electrons. The van der Waals surface area contributed by atoms with Crippen molar-refractivity contribution in [2.24, 2.45) is 13.0 Å². The van der Waals surface area contributed by atoms with E-state index in [0.717, 1.165) is 54.7 Å². The van der Waals surface area contributed by atoms with Crippen molar-refractivity contribution >= 4 is 38.6 Å². The maximum Gasteiger partial charge on any atom is 0.274 e. The smallest absolute Gasteiger partial charge is 0.274 e. The number of amides is 2. The monoisotopic (exact) mass is 773 g/mol.